The molecule has 7 aromatic carbocycles. The molecular weight excluding hydrogens is 647 g/mol. The third-order valence-electron chi connectivity index (χ3n) is 10.5. The van der Waals surface area contributed by atoms with Crippen LogP contribution < -0.4 is 4.90 Å². The van der Waals surface area contributed by atoms with E-state index in [1.807, 2.05) is 30.3 Å². The largest absolute Gasteiger partial charge is 0.485 e. The average Bonchev–Trinajstić information content (AvgIpc) is 3.13. The van der Waals surface area contributed by atoms with Crippen LogP contribution in [0.15, 0.2) is 139 Å². The lowest BCUT2D eigenvalue weighted by Crippen LogP contribution is -2.16. The minimum Gasteiger partial charge on any atom is -0.485 e. The number of fused-ring (bicyclic) bond motifs is 2. The zero-order chi connectivity index (χ0) is 36.8. The summed E-state index contributed by atoms with van der Waals surface area (Å²) in [5.74, 6) is 0.306. The third-order valence-corrected chi connectivity index (χ3v) is 10.5. The second-order valence-corrected chi connectivity index (χ2v) is 14.6. The maximum Gasteiger partial charge on any atom is 0.227 e. The summed E-state index contributed by atoms with van der Waals surface area (Å²) in [6, 6.07) is 47.5. The predicted octanol–water partition coefficient (Wildman–Crippen LogP) is 13.2. The number of Topliss-reactive ketones (excluding diaryl/α,β-unsaturated/α-hetero) is 1. The van der Waals surface area contributed by atoms with Crippen LogP contribution in [-0.4, -0.2) is 5.78 Å². The minimum atomic E-state index is -0.0737. The van der Waals surface area contributed by atoms with Gasteiger partial charge in [-0.15, -0.1) is 0 Å². The lowest BCUT2D eigenvalue weighted by atomic mass is 9.93. The Labute approximate surface area is 312 Å². The van der Waals surface area contributed by atoms with Crippen LogP contribution in [0.1, 0.15) is 54.9 Å². The molecule has 1 aliphatic heterocycles. The second kappa shape index (κ2) is 13.7. The predicted molar refractivity (Wildman–Crippen MR) is 221 cm³/mol. The standard InChI is InChI=1S/C50H43NO2/c1-31-23-33(3)48(34(4)24-31)38-13-18-43(19-14-38)51(44-20-15-39(16-21-44)49-35(5)25-32(2)26-36(49)6)45-22-17-40-27-37(11-12-41(40)29-45)28-47-50(52)46-10-8-7-9-42(46)30-53-47/h7-29H,30H2,1-6H3/b47-28+. The van der Waals surface area contributed by atoms with Crippen LogP contribution in [0.25, 0.3) is 39.1 Å². The van der Waals surface area contributed by atoms with Crippen LogP contribution in [0.5, 0.6) is 0 Å². The molecule has 53 heavy (non-hydrogen) atoms. The second-order valence-electron chi connectivity index (χ2n) is 14.6. The molecule has 1 aliphatic rings. The Hall–Kier alpha value is -6.19. The highest BCUT2D eigenvalue weighted by molar-refractivity contribution is 6.11. The van der Waals surface area contributed by atoms with Gasteiger partial charge in [-0.05, 0) is 151 Å². The smallest absolute Gasteiger partial charge is 0.227 e. The molecule has 0 radical (unpaired) electrons. The summed E-state index contributed by atoms with van der Waals surface area (Å²) in [5.41, 5.74) is 18.6. The number of hydrogen-bond acceptors (Lipinski definition) is 3. The molecule has 0 aliphatic carbocycles. The highest BCUT2D eigenvalue weighted by Crippen LogP contribution is 2.40. The number of hydrogen-bond donors (Lipinski definition) is 0. The van der Waals surface area contributed by atoms with Gasteiger partial charge in [0.2, 0.25) is 5.78 Å². The first-order valence-electron chi connectivity index (χ1n) is 18.3. The van der Waals surface area contributed by atoms with Crippen LogP contribution in [0, 0.1) is 41.5 Å². The van der Waals surface area contributed by atoms with E-state index in [0.29, 0.717) is 17.9 Å². The fourth-order valence-corrected chi connectivity index (χ4v) is 8.23. The monoisotopic (exact) mass is 689 g/mol. The van der Waals surface area contributed by atoms with E-state index >= 15 is 0 Å². The van der Waals surface area contributed by atoms with Gasteiger partial charge >= 0.3 is 0 Å². The molecule has 3 heteroatoms. The molecule has 0 unspecified atom stereocenters. The number of nitrogens with zero attached hydrogens (tertiary/aromatic N) is 1. The maximum atomic E-state index is 13.2. The minimum absolute atomic E-state index is 0.0737. The fourth-order valence-electron chi connectivity index (χ4n) is 8.23. The van der Waals surface area contributed by atoms with Crippen molar-refractivity contribution in [3.05, 3.63) is 189 Å². The van der Waals surface area contributed by atoms with Crippen molar-refractivity contribution < 1.29 is 9.53 Å². The molecule has 1 heterocycles. The zero-order valence-electron chi connectivity index (χ0n) is 31.2. The number of carbonyl (C=O) groups is 1. The molecule has 0 spiro atoms. The lowest BCUT2D eigenvalue weighted by Gasteiger charge is -2.27. The van der Waals surface area contributed by atoms with Gasteiger partial charge in [-0.3, -0.25) is 4.79 Å². The van der Waals surface area contributed by atoms with Crippen molar-refractivity contribution in [2.45, 2.75) is 48.1 Å². The van der Waals surface area contributed by atoms with Crippen molar-refractivity contribution in [1.82, 2.24) is 0 Å². The number of ketones is 1. The first-order valence-corrected chi connectivity index (χ1v) is 18.3. The molecule has 0 saturated heterocycles. The molecule has 0 amide bonds. The number of ether oxygens (including phenoxy) is 1. The van der Waals surface area contributed by atoms with E-state index in [2.05, 4.69) is 156 Å². The molecular formula is C50H43NO2. The Morgan fingerprint density at radius 3 is 1.58 bits per heavy atom. The summed E-state index contributed by atoms with van der Waals surface area (Å²) < 4.78 is 5.90. The van der Waals surface area contributed by atoms with Gasteiger partial charge in [-0.1, -0.05) is 102 Å². The first kappa shape index (κ1) is 33.9. The van der Waals surface area contributed by atoms with Crippen molar-refractivity contribution in [2.75, 3.05) is 4.90 Å². The molecule has 0 N–H and O–H groups in total. The Bertz CT molecular complexity index is 2430. The molecule has 0 aromatic heterocycles. The highest BCUT2D eigenvalue weighted by atomic mass is 16.5. The molecule has 8 rings (SSSR count). The first-order chi connectivity index (χ1) is 25.6. The van der Waals surface area contributed by atoms with Crippen LogP contribution in [0.3, 0.4) is 0 Å². The van der Waals surface area contributed by atoms with Gasteiger partial charge in [0.15, 0.2) is 5.76 Å². The van der Waals surface area contributed by atoms with Crippen LogP contribution in [-0.2, 0) is 11.3 Å². The van der Waals surface area contributed by atoms with Gasteiger partial charge in [0.05, 0.1) is 0 Å². The van der Waals surface area contributed by atoms with Crippen LogP contribution in [0.4, 0.5) is 17.1 Å². The van der Waals surface area contributed by atoms with Gasteiger partial charge < -0.3 is 9.64 Å². The van der Waals surface area contributed by atoms with E-state index in [4.69, 9.17) is 4.74 Å². The zero-order valence-corrected chi connectivity index (χ0v) is 31.2. The molecule has 0 atom stereocenters. The molecule has 0 fully saturated rings. The Morgan fingerprint density at radius 1 is 0.528 bits per heavy atom. The number of benzene rings is 7. The SMILES string of the molecule is Cc1cc(C)c(-c2ccc(N(c3ccc(-c4c(C)cc(C)cc4C)cc3)c3ccc4cc(/C=C5/OCc6ccccc6C5=O)ccc4c3)cc2)c(C)c1. The molecule has 260 valence electrons. The molecule has 7 aromatic rings. The fraction of sp³-hybridized carbons (Fsp3) is 0.140. The maximum absolute atomic E-state index is 13.2. The highest BCUT2D eigenvalue weighted by Gasteiger charge is 2.23. The van der Waals surface area contributed by atoms with E-state index in [1.165, 1.54) is 55.6 Å². The summed E-state index contributed by atoms with van der Waals surface area (Å²) in [6.07, 6.45) is 1.86. The lowest BCUT2D eigenvalue weighted by molar-refractivity contribution is 0.0871. The normalized spacial score (nSPS) is 13.2. The summed E-state index contributed by atoms with van der Waals surface area (Å²) in [4.78, 5) is 15.5. The van der Waals surface area contributed by atoms with Crippen molar-refractivity contribution in [2.24, 2.45) is 0 Å². The summed E-state index contributed by atoms with van der Waals surface area (Å²) in [5, 5.41) is 2.20. The van der Waals surface area contributed by atoms with Gasteiger partial charge in [-0.25, -0.2) is 0 Å². The van der Waals surface area contributed by atoms with E-state index < -0.39 is 0 Å². The number of carbonyl (C=O) groups excluding carboxylic acids is 1. The van der Waals surface area contributed by atoms with Gasteiger partial charge in [0, 0.05) is 28.2 Å². The molecule has 0 bridgehead atoms. The van der Waals surface area contributed by atoms with Crippen LogP contribution >= 0.6 is 0 Å². The Morgan fingerprint density at radius 2 is 1.02 bits per heavy atom. The van der Waals surface area contributed by atoms with Crippen molar-refractivity contribution in [3.63, 3.8) is 0 Å². The van der Waals surface area contributed by atoms with E-state index in [-0.39, 0.29) is 5.78 Å². The average molecular weight is 690 g/mol. The Balaban J connectivity index is 1.18. The molecule has 3 nitrogen and oxygen atoms in total. The van der Waals surface area contributed by atoms with Gasteiger partial charge in [0.25, 0.3) is 0 Å². The summed E-state index contributed by atoms with van der Waals surface area (Å²) >= 11 is 0. The van der Waals surface area contributed by atoms with Crippen molar-refractivity contribution in [1.29, 1.82) is 0 Å². The van der Waals surface area contributed by atoms with Crippen molar-refractivity contribution in [3.8, 4) is 22.3 Å². The summed E-state index contributed by atoms with van der Waals surface area (Å²) in [7, 11) is 0. The number of allylic oxidation sites excluding steroid dienone is 1. The van der Waals surface area contributed by atoms with E-state index in [0.717, 1.165) is 39.0 Å². The topological polar surface area (TPSA) is 29.5 Å². The van der Waals surface area contributed by atoms with Crippen molar-refractivity contribution >= 4 is 39.7 Å². The summed E-state index contributed by atoms with van der Waals surface area (Å²) in [6.45, 7) is 13.5. The van der Waals surface area contributed by atoms with E-state index in [1.54, 1.807) is 0 Å². The van der Waals surface area contributed by atoms with Gasteiger partial charge in [0.1, 0.15) is 6.61 Å². The quantitative estimate of drug-likeness (QED) is 0.163. The van der Waals surface area contributed by atoms with E-state index in [9.17, 15) is 4.79 Å². The van der Waals surface area contributed by atoms with Gasteiger partial charge in [-0.2, -0.15) is 0 Å². The van der Waals surface area contributed by atoms with Crippen LogP contribution in [0.2, 0.25) is 0 Å². The third kappa shape index (κ3) is 6.56. The number of aryl methyl sites for hydroxylation is 6. The number of anilines is 3. The number of rotatable bonds is 6. The molecule has 0 saturated carbocycles. The Kier molecular flexibility index (Phi) is 8.80.